The van der Waals surface area contributed by atoms with Crippen molar-refractivity contribution in [3.8, 4) is 0 Å². The molecule has 0 radical (unpaired) electrons. The van der Waals surface area contributed by atoms with E-state index in [-0.39, 0.29) is 11.8 Å². The molecule has 1 aliphatic heterocycles. The standard InChI is InChI=1S/C9H19NO2S2/c1-8(7-14(2,11)12)10-9-3-5-13-6-4-9/h8-10H,3-7H2,1-2H3. The van der Waals surface area contributed by atoms with Gasteiger partial charge in [0.2, 0.25) is 0 Å². The molecule has 0 aliphatic carbocycles. The molecule has 0 spiro atoms. The normalized spacial score (nSPS) is 22.1. The quantitative estimate of drug-likeness (QED) is 0.789. The minimum absolute atomic E-state index is 0.0816. The highest BCUT2D eigenvalue weighted by atomic mass is 32.2. The van der Waals surface area contributed by atoms with Gasteiger partial charge in [-0.15, -0.1) is 0 Å². The molecule has 0 aromatic rings. The Morgan fingerprint density at radius 3 is 2.50 bits per heavy atom. The molecular weight excluding hydrogens is 218 g/mol. The Hall–Kier alpha value is 0.260. The van der Waals surface area contributed by atoms with Crippen molar-refractivity contribution in [1.82, 2.24) is 5.32 Å². The molecule has 0 bridgehead atoms. The molecule has 14 heavy (non-hydrogen) atoms. The fourth-order valence-electron chi connectivity index (χ4n) is 1.77. The summed E-state index contributed by atoms with van der Waals surface area (Å²) in [5.74, 6) is 2.64. The highest BCUT2D eigenvalue weighted by Crippen LogP contribution is 2.17. The first kappa shape index (κ1) is 12.3. The van der Waals surface area contributed by atoms with Crippen LogP contribution in [0.5, 0.6) is 0 Å². The maximum atomic E-state index is 11.0. The third-order valence-corrected chi connectivity index (χ3v) is 4.45. The smallest absolute Gasteiger partial charge is 0.148 e. The Balaban J connectivity index is 2.28. The zero-order valence-electron chi connectivity index (χ0n) is 8.82. The van der Waals surface area contributed by atoms with Crippen LogP contribution >= 0.6 is 11.8 Å². The summed E-state index contributed by atoms with van der Waals surface area (Å²) < 4.78 is 22.1. The van der Waals surface area contributed by atoms with Crippen molar-refractivity contribution in [3.05, 3.63) is 0 Å². The maximum Gasteiger partial charge on any atom is 0.148 e. The summed E-state index contributed by atoms with van der Waals surface area (Å²) in [5.41, 5.74) is 0. The van der Waals surface area contributed by atoms with E-state index in [0.717, 1.165) is 0 Å². The highest BCUT2D eigenvalue weighted by molar-refractivity contribution is 7.99. The van der Waals surface area contributed by atoms with Gasteiger partial charge in [0.05, 0.1) is 5.75 Å². The van der Waals surface area contributed by atoms with Crippen LogP contribution in [0.25, 0.3) is 0 Å². The Morgan fingerprint density at radius 2 is 2.00 bits per heavy atom. The predicted octanol–water partition coefficient (Wildman–Crippen LogP) is 0.905. The molecular formula is C9H19NO2S2. The first-order valence-electron chi connectivity index (χ1n) is 4.99. The van der Waals surface area contributed by atoms with E-state index in [1.165, 1.54) is 30.6 Å². The molecule has 1 unspecified atom stereocenters. The van der Waals surface area contributed by atoms with Gasteiger partial charge in [0, 0.05) is 18.3 Å². The summed E-state index contributed by atoms with van der Waals surface area (Å²) in [4.78, 5) is 0. The van der Waals surface area contributed by atoms with Crippen LogP contribution in [0.2, 0.25) is 0 Å². The third-order valence-electron chi connectivity index (χ3n) is 2.29. The van der Waals surface area contributed by atoms with E-state index < -0.39 is 9.84 Å². The Morgan fingerprint density at radius 1 is 1.43 bits per heavy atom. The third kappa shape index (κ3) is 5.22. The van der Waals surface area contributed by atoms with Crippen LogP contribution in [0.1, 0.15) is 19.8 Å². The molecule has 0 saturated carbocycles. The topological polar surface area (TPSA) is 46.2 Å². The van der Waals surface area contributed by atoms with Crippen molar-refractivity contribution in [2.24, 2.45) is 0 Å². The Bertz CT molecular complexity index is 258. The fraction of sp³-hybridized carbons (Fsp3) is 1.00. The molecule has 5 heteroatoms. The maximum absolute atomic E-state index is 11.0. The molecule has 0 amide bonds. The molecule has 1 atom stereocenters. The average Bonchev–Trinajstić information content (AvgIpc) is 2.02. The number of hydrogen-bond acceptors (Lipinski definition) is 4. The molecule has 1 N–H and O–H groups in total. The second-order valence-corrected chi connectivity index (χ2v) is 7.46. The molecule has 1 rings (SSSR count). The first-order chi connectivity index (χ1) is 6.47. The predicted molar refractivity (Wildman–Crippen MR) is 62.7 cm³/mol. The first-order valence-corrected chi connectivity index (χ1v) is 8.20. The molecule has 3 nitrogen and oxygen atoms in total. The highest BCUT2D eigenvalue weighted by Gasteiger charge is 2.17. The number of thioether (sulfide) groups is 1. The van der Waals surface area contributed by atoms with E-state index in [1.807, 2.05) is 18.7 Å². The van der Waals surface area contributed by atoms with Gasteiger partial charge in [-0.05, 0) is 31.3 Å². The molecule has 1 heterocycles. The van der Waals surface area contributed by atoms with Crippen LogP contribution in [0, 0.1) is 0 Å². The molecule has 84 valence electrons. The van der Waals surface area contributed by atoms with E-state index in [2.05, 4.69) is 5.32 Å². The minimum atomic E-state index is -2.84. The van der Waals surface area contributed by atoms with Crippen LogP contribution in [-0.2, 0) is 9.84 Å². The van der Waals surface area contributed by atoms with Gasteiger partial charge in [0.25, 0.3) is 0 Å². The SMILES string of the molecule is CC(CS(C)(=O)=O)NC1CCSCC1. The average molecular weight is 237 g/mol. The number of hydrogen-bond donors (Lipinski definition) is 1. The van der Waals surface area contributed by atoms with Gasteiger partial charge in [0.1, 0.15) is 9.84 Å². The second kappa shape index (κ2) is 5.37. The van der Waals surface area contributed by atoms with Crippen LogP contribution in [0.15, 0.2) is 0 Å². The summed E-state index contributed by atoms with van der Waals surface area (Å²) in [6.07, 6.45) is 3.62. The largest absolute Gasteiger partial charge is 0.310 e. The van der Waals surface area contributed by atoms with E-state index in [0.29, 0.717) is 6.04 Å². The molecule has 0 aromatic carbocycles. The summed E-state index contributed by atoms with van der Waals surface area (Å²) in [6.45, 7) is 1.95. The van der Waals surface area contributed by atoms with Crippen molar-refractivity contribution in [1.29, 1.82) is 0 Å². The van der Waals surface area contributed by atoms with Crippen molar-refractivity contribution in [3.63, 3.8) is 0 Å². The van der Waals surface area contributed by atoms with E-state index in [4.69, 9.17) is 0 Å². The Kier molecular flexibility index (Phi) is 4.73. The Labute approximate surface area is 91.0 Å². The van der Waals surface area contributed by atoms with Crippen molar-refractivity contribution in [2.75, 3.05) is 23.5 Å². The number of sulfone groups is 1. The zero-order valence-corrected chi connectivity index (χ0v) is 10.5. The summed E-state index contributed by atoms with van der Waals surface area (Å²) in [5, 5.41) is 3.38. The van der Waals surface area contributed by atoms with Crippen LogP contribution in [-0.4, -0.2) is 44.0 Å². The van der Waals surface area contributed by atoms with Crippen molar-refractivity contribution >= 4 is 21.6 Å². The zero-order chi connectivity index (χ0) is 10.6. The molecule has 1 aliphatic rings. The van der Waals surface area contributed by atoms with Crippen molar-refractivity contribution in [2.45, 2.75) is 31.8 Å². The minimum Gasteiger partial charge on any atom is -0.310 e. The second-order valence-electron chi connectivity index (χ2n) is 4.05. The lowest BCUT2D eigenvalue weighted by Gasteiger charge is -2.26. The van der Waals surface area contributed by atoms with Crippen LogP contribution < -0.4 is 5.32 Å². The lowest BCUT2D eigenvalue weighted by atomic mass is 10.1. The van der Waals surface area contributed by atoms with Gasteiger partial charge < -0.3 is 5.32 Å². The fourth-order valence-corrected chi connectivity index (χ4v) is 3.88. The molecule has 0 aromatic heterocycles. The van der Waals surface area contributed by atoms with Crippen LogP contribution in [0.3, 0.4) is 0 Å². The van der Waals surface area contributed by atoms with E-state index in [1.54, 1.807) is 0 Å². The summed E-state index contributed by atoms with van der Waals surface area (Å²) in [6, 6.07) is 0.603. The molecule has 1 saturated heterocycles. The number of nitrogens with one attached hydrogen (secondary N) is 1. The summed E-state index contributed by atoms with van der Waals surface area (Å²) >= 11 is 1.98. The van der Waals surface area contributed by atoms with Gasteiger partial charge in [0.15, 0.2) is 0 Å². The monoisotopic (exact) mass is 237 g/mol. The lowest BCUT2D eigenvalue weighted by molar-refractivity contribution is 0.439. The lowest BCUT2D eigenvalue weighted by Crippen LogP contribution is -2.42. The summed E-state index contributed by atoms with van der Waals surface area (Å²) in [7, 11) is -2.84. The van der Waals surface area contributed by atoms with Crippen molar-refractivity contribution < 1.29 is 8.42 Å². The van der Waals surface area contributed by atoms with Gasteiger partial charge in [-0.3, -0.25) is 0 Å². The van der Waals surface area contributed by atoms with E-state index >= 15 is 0 Å². The van der Waals surface area contributed by atoms with Gasteiger partial charge in [-0.1, -0.05) is 0 Å². The van der Waals surface area contributed by atoms with E-state index in [9.17, 15) is 8.42 Å². The van der Waals surface area contributed by atoms with Gasteiger partial charge in [-0.25, -0.2) is 8.42 Å². The molecule has 1 fully saturated rings. The van der Waals surface area contributed by atoms with Gasteiger partial charge >= 0.3 is 0 Å². The van der Waals surface area contributed by atoms with Crippen LogP contribution in [0.4, 0.5) is 0 Å². The van der Waals surface area contributed by atoms with Gasteiger partial charge in [-0.2, -0.15) is 11.8 Å². The number of rotatable bonds is 4.